The summed E-state index contributed by atoms with van der Waals surface area (Å²) in [7, 11) is 0. The highest BCUT2D eigenvalue weighted by molar-refractivity contribution is 5.71. The average Bonchev–Trinajstić information content (AvgIpc) is 2.18. The fraction of sp³-hybridized carbons (Fsp3) is 0.333. The van der Waals surface area contributed by atoms with E-state index < -0.39 is 0 Å². The Kier molecular flexibility index (Phi) is 2.09. The van der Waals surface area contributed by atoms with Crippen LogP contribution in [0.1, 0.15) is 25.0 Å². The standard InChI is InChI=1S/C12H14O/c1-3-10-4-5-12-11(8-10)9(2)6-7-13-12/h4-6,8H,3,7H2,1-2H3. The van der Waals surface area contributed by atoms with E-state index in [2.05, 4.69) is 38.1 Å². The minimum absolute atomic E-state index is 0.713. The third kappa shape index (κ3) is 1.46. The third-order valence-electron chi connectivity index (χ3n) is 2.51. The van der Waals surface area contributed by atoms with Gasteiger partial charge in [0, 0.05) is 5.56 Å². The topological polar surface area (TPSA) is 9.23 Å². The van der Waals surface area contributed by atoms with Crippen LogP contribution in [-0.2, 0) is 6.42 Å². The molecule has 1 heteroatoms. The molecule has 68 valence electrons. The number of fused-ring (bicyclic) bond motifs is 1. The first-order valence-corrected chi connectivity index (χ1v) is 4.74. The van der Waals surface area contributed by atoms with Crippen molar-refractivity contribution in [3.05, 3.63) is 35.4 Å². The Balaban J connectivity index is 2.50. The number of rotatable bonds is 1. The minimum Gasteiger partial charge on any atom is -0.489 e. The predicted octanol–water partition coefficient (Wildman–Crippen LogP) is 3.04. The van der Waals surface area contributed by atoms with Gasteiger partial charge in [0.2, 0.25) is 0 Å². The van der Waals surface area contributed by atoms with Crippen molar-refractivity contribution in [3.8, 4) is 5.75 Å². The maximum atomic E-state index is 5.52. The first-order chi connectivity index (χ1) is 6.31. The summed E-state index contributed by atoms with van der Waals surface area (Å²) in [6.45, 7) is 5.02. The number of benzene rings is 1. The SMILES string of the molecule is CCc1ccc2c(c1)C(C)=CCO2. The second-order valence-electron chi connectivity index (χ2n) is 3.38. The number of allylic oxidation sites excluding steroid dienone is 1. The van der Waals surface area contributed by atoms with Gasteiger partial charge in [0.05, 0.1) is 0 Å². The molecule has 0 radical (unpaired) electrons. The molecule has 0 aromatic heterocycles. The van der Waals surface area contributed by atoms with E-state index in [1.165, 1.54) is 16.7 Å². The number of hydrogen-bond donors (Lipinski definition) is 0. The van der Waals surface area contributed by atoms with Crippen LogP contribution in [0.3, 0.4) is 0 Å². The summed E-state index contributed by atoms with van der Waals surface area (Å²) in [4.78, 5) is 0. The van der Waals surface area contributed by atoms with Crippen molar-refractivity contribution in [2.45, 2.75) is 20.3 Å². The van der Waals surface area contributed by atoms with Gasteiger partial charge in [0.15, 0.2) is 0 Å². The van der Waals surface area contributed by atoms with Crippen molar-refractivity contribution in [2.75, 3.05) is 6.61 Å². The monoisotopic (exact) mass is 174 g/mol. The molecular formula is C12H14O. The van der Waals surface area contributed by atoms with Crippen molar-refractivity contribution in [3.63, 3.8) is 0 Å². The molecule has 0 saturated carbocycles. The van der Waals surface area contributed by atoms with Crippen LogP contribution in [0.4, 0.5) is 0 Å². The van der Waals surface area contributed by atoms with Crippen LogP contribution in [0.25, 0.3) is 5.57 Å². The zero-order valence-electron chi connectivity index (χ0n) is 8.13. The van der Waals surface area contributed by atoms with Crippen molar-refractivity contribution >= 4 is 5.57 Å². The highest BCUT2D eigenvalue weighted by Crippen LogP contribution is 2.30. The van der Waals surface area contributed by atoms with E-state index >= 15 is 0 Å². The van der Waals surface area contributed by atoms with Gasteiger partial charge < -0.3 is 4.74 Å². The van der Waals surface area contributed by atoms with Crippen LogP contribution in [-0.4, -0.2) is 6.61 Å². The Labute approximate surface area is 79.0 Å². The summed E-state index contributed by atoms with van der Waals surface area (Å²) in [5.74, 6) is 1.03. The lowest BCUT2D eigenvalue weighted by Gasteiger charge is -2.16. The molecule has 0 spiro atoms. The quantitative estimate of drug-likeness (QED) is 0.635. The van der Waals surface area contributed by atoms with E-state index in [9.17, 15) is 0 Å². The molecule has 13 heavy (non-hydrogen) atoms. The molecule has 1 heterocycles. The van der Waals surface area contributed by atoms with E-state index in [1.54, 1.807) is 0 Å². The number of ether oxygens (including phenoxy) is 1. The molecule has 0 saturated heterocycles. The van der Waals surface area contributed by atoms with Gasteiger partial charge in [-0.05, 0) is 42.7 Å². The maximum absolute atomic E-state index is 5.52. The molecule has 1 aromatic carbocycles. The average molecular weight is 174 g/mol. The smallest absolute Gasteiger partial charge is 0.127 e. The van der Waals surface area contributed by atoms with E-state index in [0.29, 0.717) is 6.61 Å². The molecule has 0 atom stereocenters. The lowest BCUT2D eigenvalue weighted by atomic mass is 10.0. The Hall–Kier alpha value is -1.24. The van der Waals surface area contributed by atoms with Crippen LogP contribution >= 0.6 is 0 Å². The normalized spacial score (nSPS) is 14.5. The summed E-state index contributed by atoms with van der Waals surface area (Å²) in [5, 5.41) is 0. The molecule has 1 aliphatic heterocycles. The van der Waals surface area contributed by atoms with Crippen molar-refractivity contribution in [1.29, 1.82) is 0 Å². The fourth-order valence-corrected chi connectivity index (χ4v) is 1.60. The predicted molar refractivity (Wildman–Crippen MR) is 55.0 cm³/mol. The number of aryl methyl sites for hydroxylation is 1. The molecule has 0 amide bonds. The van der Waals surface area contributed by atoms with E-state index in [1.807, 2.05) is 0 Å². The van der Waals surface area contributed by atoms with Gasteiger partial charge in [-0.2, -0.15) is 0 Å². The molecular weight excluding hydrogens is 160 g/mol. The van der Waals surface area contributed by atoms with Crippen LogP contribution in [0.2, 0.25) is 0 Å². The highest BCUT2D eigenvalue weighted by Gasteiger charge is 2.09. The molecule has 1 nitrogen and oxygen atoms in total. The summed E-state index contributed by atoms with van der Waals surface area (Å²) in [6.07, 6.45) is 3.21. The molecule has 0 aliphatic carbocycles. The molecule has 1 aliphatic rings. The third-order valence-corrected chi connectivity index (χ3v) is 2.51. The summed E-state index contributed by atoms with van der Waals surface area (Å²) < 4.78 is 5.52. The van der Waals surface area contributed by atoms with E-state index in [4.69, 9.17) is 4.74 Å². The van der Waals surface area contributed by atoms with Crippen LogP contribution < -0.4 is 4.74 Å². The largest absolute Gasteiger partial charge is 0.489 e. The first-order valence-electron chi connectivity index (χ1n) is 4.74. The zero-order chi connectivity index (χ0) is 9.26. The molecule has 0 bridgehead atoms. The lowest BCUT2D eigenvalue weighted by molar-refractivity contribution is 0.357. The Morgan fingerprint density at radius 1 is 1.38 bits per heavy atom. The first kappa shape index (κ1) is 8.36. The fourth-order valence-electron chi connectivity index (χ4n) is 1.60. The van der Waals surface area contributed by atoms with Gasteiger partial charge in [-0.25, -0.2) is 0 Å². The van der Waals surface area contributed by atoms with Crippen LogP contribution in [0.5, 0.6) is 5.75 Å². The highest BCUT2D eigenvalue weighted by atomic mass is 16.5. The van der Waals surface area contributed by atoms with Crippen molar-refractivity contribution in [1.82, 2.24) is 0 Å². The van der Waals surface area contributed by atoms with Crippen LogP contribution in [0.15, 0.2) is 24.3 Å². The van der Waals surface area contributed by atoms with Crippen LogP contribution in [0, 0.1) is 0 Å². The minimum atomic E-state index is 0.713. The van der Waals surface area contributed by atoms with Gasteiger partial charge in [0.1, 0.15) is 12.4 Å². The second-order valence-corrected chi connectivity index (χ2v) is 3.38. The molecule has 0 unspecified atom stereocenters. The summed E-state index contributed by atoms with van der Waals surface area (Å²) in [6, 6.07) is 6.43. The molecule has 0 N–H and O–H groups in total. The van der Waals surface area contributed by atoms with E-state index in [0.717, 1.165) is 12.2 Å². The molecule has 0 fully saturated rings. The van der Waals surface area contributed by atoms with Crippen molar-refractivity contribution in [2.24, 2.45) is 0 Å². The van der Waals surface area contributed by atoms with Gasteiger partial charge in [-0.1, -0.05) is 13.0 Å². The Bertz CT molecular complexity index is 350. The van der Waals surface area contributed by atoms with Gasteiger partial charge in [0.25, 0.3) is 0 Å². The second kappa shape index (κ2) is 3.25. The molecule has 1 aromatic rings. The van der Waals surface area contributed by atoms with Gasteiger partial charge in [-0.15, -0.1) is 0 Å². The van der Waals surface area contributed by atoms with E-state index in [-0.39, 0.29) is 0 Å². The summed E-state index contributed by atoms with van der Waals surface area (Å²) >= 11 is 0. The van der Waals surface area contributed by atoms with Crippen molar-refractivity contribution < 1.29 is 4.74 Å². The zero-order valence-corrected chi connectivity index (χ0v) is 8.13. The van der Waals surface area contributed by atoms with Gasteiger partial charge >= 0.3 is 0 Å². The molecule has 2 rings (SSSR count). The van der Waals surface area contributed by atoms with Gasteiger partial charge in [-0.3, -0.25) is 0 Å². The maximum Gasteiger partial charge on any atom is 0.127 e. The lowest BCUT2D eigenvalue weighted by Crippen LogP contribution is -2.03. The Morgan fingerprint density at radius 3 is 3.00 bits per heavy atom. The Morgan fingerprint density at radius 2 is 2.23 bits per heavy atom. The number of hydrogen-bond acceptors (Lipinski definition) is 1. The summed E-state index contributed by atoms with van der Waals surface area (Å²) in [5.41, 5.74) is 3.96.